The Hall–Kier alpha value is -2.38. The maximum absolute atomic E-state index is 12.1. The molecule has 2 heterocycles. The topological polar surface area (TPSA) is 81.7 Å². The second-order valence-electron chi connectivity index (χ2n) is 7.31. The first-order valence-electron chi connectivity index (χ1n) is 9.39. The minimum Gasteiger partial charge on any atom is -0.488 e. The largest absolute Gasteiger partial charge is 0.488 e. The zero-order valence-electron chi connectivity index (χ0n) is 15.7. The Kier molecular flexibility index (Phi) is 5.12. The van der Waals surface area contributed by atoms with Crippen LogP contribution in [0.2, 0.25) is 0 Å². The quantitative estimate of drug-likeness (QED) is 0.832. The Morgan fingerprint density at radius 2 is 1.89 bits per heavy atom. The van der Waals surface area contributed by atoms with E-state index in [9.17, 15) is 13.2 Å². The number of carbonyl (C=O) groups excluding carboxylic acids is 1. The van der Waals surface area contributed by atoms with E-state index >= 15 is 0 Å². The first-order valence-corrected chi connectivity index (χ1v) is 11.3. The van der Waals surface area contributed by atoms with E-state index < -0.39 is 9.84 Å². The van der Waals surface area contributed by atoms with E-state index in [0.29, 0.717) is 18.0 Å². The summed E-state index contributed by atoms with van der Waals surface area (Å²) in [4.78, 5) is 12.4. The maximum Gasteiger partial charge on any atom is 0.249 e. The fourth-order valence-corrected chi connectivity index (χ4v) is 4.25. The SMILES string of the molecule is CS(=O)(=O)c1ccc(-c2ccc3c(c2)CC(CNC(=O)C2CCCO2)O3)cc1. The Labute approximate surface area is 164 Å². The molecule has 1 amide bonds. The van der Waals surface area contributed by atoms with E-state index in [1.54, 1.807) is 12.1 Å². The van der Waals surface area contributed by atoms with Gasteiger partial charge in [-0.3, -0.25) is 4.79 Å². The molecule has 0 bridgehead atoms. The summed E-state index contributed by atoms with van der Waals surface area (Å²) < 4.78 is 34.6. The number of nitrogens with one attached hydrogen (secondary N) is 1. The molecule has 0 aromatic heterocycles. The molecule has 148 valence electrons. The molecule has 7 heteroatoms. The molecule has 0 radical (unpaired) electrons. The van der Waals surface area contributed by atoms with Gasteiger partial charge in [-0.1, -0.05) is 18.2 Å². The van der Waals surface area contributed by atoms with Crippen LogP contribution < -0.4 is 10.1 Å². The summed E-state index contributed by atoms with van der Waals surface area (Å²) in [7, 11) is -3.20. The highest BCUT2D eigenvalue weighted by Gasteiger charge is 2.27. The average Bonchev–Trinajstić information content (AvgIpc) is 3.34. The lowest BCUT2D eigenvalue weighted by atomic mass is 10.0. The van der Waals surface area contributed by atoms with Crippen LogP contribution in [0.1, 0.15) is 18.4 Å². The smallest absolute Gasteiger partial charge is 0.249 e. The van der Waals surface area contributed by atoms with Crippen molar-refractivity contribution in [3.8, 4) is 16.9 Å². The summed E-state index contributed by atoms with van der Waals surface area (Å²) in [6, 6.07) is 12.8. The van der Waals surface area contributed by atoms with E-state index in [4.69, 9.17) is 9.47 Å². The van der Waals surface area contributed by atoms with Gasteiger partial charge in [0.1, 0.15) is 18.0 Å². The molecule has 0 spiro atoms. The lowest BCUT2D eigenvalue weighted by Crippen LogP contribution is -2.40. The maximum atomic E-state index is 12.1. The third-order valence-corrected chi connectivity index (χ3v) is 6.27. The van der Waals surface area contributed by atoms with E-state index in [-0.39, 0.29) is 18.1 Å². The van der Waals surface area contributed by atoms with Crippen molar-refractivity contribution < 1.29 is 22.7 Å². The molecule has 4 rings (SSSR count). The van der Waals surface area contributed by atoms with Crippen molar-refractivity contribution in [2.24, 2.45) is 0 Å². The van der Waals surface area contributed by atoms with E-state index in [2.05, 4.69) is 11.4 Å². The molecule has 2 aliphatic heterocycles. The minimum absolute atomic E-state index is 0.0660. The standard InChI is InChI=1S/C21H23NO5S/c1-28(24,25)18-7-4-14(5-8-18)15-6-9-19-16(11-15)12-17(27-19)13-22-21(23)20-3-2-10-26-20/h4-9,11,17,20H,2-3,10,12-13H2,1H3,(H,22,23). The van der Waals surface area contributed by atoms with Gasteiger partial charge < -0.3 is 14.8 Å². The third-order valence-electron chi connectivity index (χ3n) is 5.14. The highest BCUT2D eigenvalue weighted by atomic mass is 32.2. The lowest BCUT2D eigenvalue weighted by molar-refractivity contribution is -0.130. The molecule has 1 fully saturated rings. The van der Waals surface area contributed by atoms with Gasteiger partial charge in [0.15, 0.2) is 9.84 Å². The zero-order chi connectivity index (χ0) is 19.7. The van der Waals surface area contributed by atoms with E-state index in [0.717, 1.165) is 41.7 Å². The van der Waals surface area contributed by atoms with Gasteiger partial charge in [0, 0.05) is 19.3 Å². The number of hydrogen-bond acceptors (Lipinski definition) is 5. The first-order chi connectivity index (χ1) is 13.4. The summed E-state index contributed by atoms with van der Waals surface area (Å²) >= 11 is 0. The van der Waals surface area contributed by atoms with Crippen LogP contribution in [0, 0.1) is 0 Å². The van der Waals surface area contributed by atoms with Crippen molar-refractivity contribution in [3.05, 3.63) is 48.0 Å². The Balaban J connectivity index is 1.41. The minimum atomic E-state index is -3.20. The van der Waals surface area contributed by atoms with Crippen LogP contribution in [0.15, 0.2) is 47.4 Å². The van der Waals surface area contributed by atoms with Crippen LogP contribution in [0.25, 0.3) is 11.1 Å². The molecule has 28 heavy (non-hydrogen) atoms. The average molecular weight is 401 g/mol. The number of carbonyl (C=O) groups is 1. The molecule has 0 saturated carbocycles. The summed E-state index contributed by atoms with van der Waals surface area (Å²) in [5.74, 6) is 0.761. The molecule has 2 aromatic carbocycles. The number of amides is 1. The molecular weight excluding hydrogens is 378 g/mol. The molecule has 1 N–H and O–H groups in total. The van der Waals surface area contributed by atoms with Gasteiger partial charge in [-0.15, -0.1) is 0 Å². The Morgan fingerprint density at radius 1 is 1.14 bits per heavy atom. The fraction of sp³-hybridized carbons (Fsp3) is 0.381. The Morgan fingerprint density at radius 3 is 2.57 bits per heavy atom. The monoisotopic (exact) mass is 401 g/mol. The van der Waals surface area contributed by atoms with Crippen LogP contribution in [0.3, 0.4) is 0 Å². The number of fused-ring (bicyclic) bond motifs is 1. The van der Waals surface area contributed by atoms with Gasteiger partial charge in [-0.2, -0.15) is 0 Å². The van der Waals surface area contributed by atoms with Crippen LogP contribution in [0.5, 0.6) is 5.75 Å². The Bertz CT molecular complexity index is 978. The van der Waals surface area contributed by atoms with Crippen molar-refractivity contribution in [1.29, 1.82) is 0 Å². The predicted molar refractivity (Wildman–Crippen MR) is 105 cm³/mol. The first kappa shape index (κ1) is 19.0. The summed E-state index contributed by atoms with van der Waals surface area (Å²) in [6.45, 7) is 1.10. The highest BCUT2D eigenvalue weighted by Crippen LogP contribution is 2.33. The van der Waals surface area contributed by atoms with E-state index in [1.165, 1.54) is 6.26 Å². The lowest BCUT2D eigenvalue weighted by Gasteiger charge is -2.14. The van der Waals surface area contributed by atoms with Gasteiger partial charge in [0.05, 0.1) is 11.4 Å². The zero-order valence-corrected chi connectivity index (χ0v) is 16.5. The molecule has 0 aliphatic carbocycles. The third kappa shape index (κ3) is 4.05. The number of benzene rings is 2. The van der Waals surface area contributed by atoms with Crippen molar-refractivity contribution in [2.45, 2.75) is 36.4 Å². The van der Waals surface area contributed by atoms with Gasteiger partial charge in [0.25, 0.3) is 0 Å². The number of hydrogen-bond donors (Lipinski definition) is 1. The number of sulfone groups is 1. The van der Waals surface area contributed by atoms with Crippen molar-refractivity contribution in [2.75, 3.05) is 19.4 Å². The van der Waals surface area contributed by atoms with Crippen molar-refractivity contribution in [3.63, 3.8) is 0 Å². The van der Waals surface area contributed by atoms with Gasteiger partial charge in [0.2, 0.25) is 5.91 Å². The second-order valence-corrected chi connectivity index (χ2v) is 9.33. The molecule has 6 nitrogen and oxygen atoms in total. The van der Waals surface area contributed by atoms with Crippen LogP contribution in [-0.4, -0.2) is 45.9 Å². The van der Waals surface area contributed by atoms with Crippen molar-refractivity contribution in [1.82, 2.24) is 5.32 Å². The van der Waals surface area contributed by atoms with Gasteiger partial charge in [-0.25, -0.2) is 8.42 Å². The fourth-order valence-electron chi connectivity index (χ4n) is 3.62. The van der Waals surface area contributed by atoms with Crippen LogP contribution in [0.4, 0.5) is 0 Å². The molecule has 1 saturated heterocycles. The molecule has 2 atom stereocenters. The molecule has 2 aliphatic rings. The second kappa shape index (κ2) is 7.56. The van der Waals surface area contributed by atoms with Crippen LogP contribution in [-0.2, 0) is 25.8 Å². The number of ether oxygens (including phenoxy) is 2. The number of rotatable bonds is 5. The van der Waals surface area contributed by atoms with Gasteiger partial charge >= 0.3 is 0 Å². The van der Waals surface area contributed by atoms with Crippen LogP contribution >= 0.6 is 0 Å². The summed E-state index contributed by atoms with van der Waals surface area (Å²) in [6.07, 6.45) is 3.20. The van der Waals surface area contributed by atoms with E-state index in [1.807, 2.05) is 24.3 Å². The van der Waals surface area contributed by atoms with Crippen molar-refractivity contribution >= 4 is 15.7 Å². The molecule has 2 aromatic rings. The summed E-state index contributed by atoms with van der Waals surface area (Å²) in [5, 5.41) is 2.92. The normalized spacial score (nSPS) is 21.2. The predicted octanol–water partition coefficient (Wildman–Crippen LogP) is 2.36. The summed E-state index contributed by atoms with van der Waals surface area (Å²) in [5.41, 5.74) is 3.04. The van der Waals surface area contributed by atoms with Gasteiger partial charge in [-0.05, 0) is 53.8 Å². The molecule has 2 unspecified atom stereocenters. The highest BCUT2D eigenvalue weighted by molar-refractivity contribution is 7.90. The molecular formula is C21H23NO5S.